The summed E-state index contributed by atoms with van der Waals surface area (Å²) in [6, 6.07) is 12.5. The van der Waals surface area contributed by atoms with E-state index in [-0.39, 0.29) is 4.90 Å². The van der Waals surface area contributed by atoms with Crippen molar-refractivity contribution in [3.63, 3.8) is 0 Å². The molecule has 22 heavy (non-hydrogen) atoms. The fraction of sp³-hybridized carbons (Fsp3) is 0.294. The van der Waals surface area contributed by atoms with E-state index < -0.39 is 10.0 Å². The normalized spacial score (nSPS) is 11.7. The molecule has 0 saturated heterocycles. The molecule has 0 aliphatic heterocycles. The van der Waals surface area contributed by atoms with Crippen LogP contribution in [0.3, 0.4) is 0 Å². The number of rotatable bonds is 5. The second kappa shape index (κ2) is 6.50. The Morgan fingerprint density at radius 3 is 2.27 bits per heavy atom. The van der Waals surface area contributed by atoms with Gasteiger partial charge in [0.15, 0.2) is 0 Å². The van der Waals surface area contributed by atoms with Crippen molar-refractivity contribution in [1.82, 2.24) is 4.31 Å². The topological polar surface area (TPSA) is 46.6 Å². The van der Waals surface area contributed by atoms with Crippen molar-refractivity contribution in [3.05, 3.63) is 59.2 Å². The predicted molar refractivity (Wildman–Crippen MR) is 87.6 cm³/mol. The predicted octanol–water partition coefficient (Wildman–Crippen LogP) is 3.13. The Morgan fingerprint density at radius 1 is 1.05 bits per heavy atom. The molecule has 0 radical (unpaired) electrons. The second-order valence-corrected chi connectivity index (χ2v) is 7.41. The summed E-state index contributed by atoms with van der Waals surface area (Å²) < 4.78 is 31.7. The zero-order chi connectivity index (χ0) is 16.3. The van der Waals surface area contributed by atoms with E-state index in [0.717, 1.165) is 16.7 Å². The molecule has 0 N–H and O–H groups in total. The van der Waals surface area contributed by atoms with Gasteiger partial charge in [-0.15, -0.1) is 0 Å². The number of ether oxygens (including phenoxy) is 1. The van der Waals surface area contributed by atoms with Crippen LogP contribution in [0.1, 0.15) is 16.7 Å². The lowest BCUT2D eigenvalue weighted by Crippen LogP contribution is -2.26. The van der Waals surface area contributed by atoms with E-state index >= 15 is 0 Å². The monoisotopic (exact) mass is 319 g/mol. The van der Waals surface area contributed by atoms with E-state index in [1.54, 1.807) is 38.4 Å². The molecule has 0 heterocycles. The van der Waals surface area contributed by atoms with Crippen molar-refractivity contribution in [2.24, 2.45) is 0 Å². The maximum Gasteiger partial charge on any atom is 0.243 e. The Labute approximate surface area is 132 Å². The van der Waals surface area contributed by atoms with Gasteiger partial charge in [-0.25, -0.2) is 8.42 Å². The minimum Gasteiger partial charge on any atom is -0.497 e. The van der Waals surface area contributed by atoms with Crippen molar-refractivity contribution < 1.29 is 13.2 Å². The molecule has 0 aromatic heterocycles. The van der Waals surface area contributed by atoms with E-state index in [1.807, 2.05) is 32.0 Å². The quantitative estimate of drug-likeness (QED) is 0.850. The van der Waals surface area contributed by atoms with Gasteiger partial charge in [0.1, 0.15) is 5.75 Å². The number of hydrogen-bond donors (Lipinski definition) is 0. The molecule has 0 amide bonds. The molecule has 2 aromatic carbocycles. The third kappa shape index (κ3) is 3.48. The summed E-state index contributed by atoms with van der Waals surface area (Å²) >= 11 is 0. The second-order valence-electron chi connectivity index (χ2n) is 5.37. The highest BCUT2D eigenvalue weighted by Crippen LogP contribution is 2.21. The molecule has 0 bridgehead atoms. The first-order valence-electron chi connectivity index (χ1n) is 7.01. The minimum atomic E-state index is -3.51. The standard InChI is InChI=1S/C17H21NO3S/c1-13-5-6-14(2)15(11-13)12-18(3)22(19,20)17-9-7-16(21-4)8-10-17/h5-11H,12H2,1-4H3. The number of sulfonamides is 1. The van der Waals surface area contributed by atoms with E-state index in [9.17, 15) is 8.42 Å². The summed E-state index contributed by atoms with van der Waals surface area (Å²) in [5.41, 5.74) is 3.22. The molecule has 0 saturated carbocycles. The molecular weight excluding hydrogens is 298 g/mol. The Morgan fingerprint density at radius 2 is 1.68 bits per heavy atom. The Bertz CT molecular complexity index is 752. The van der Waals surface area contributed by atoms with Gasteiger partial charge in [0.25, 0.3) is 0 Å². The van der Waals surface area contributed by atoms with Crippen molar-refractivity contribution in [3.8, 4) is 5.75 Å². The van der Waals surface area contributed by atoms with Crippen molar-refractivity contribution in [2.45, 2.75) is 25.3 Å². The SMILES string of the molecule is COc1ccc(S(=O)(=O)N(C)Cc2cc(C)ccc2C)cc1. The van der Waals surface area contributed by atoms with Crippen LogP contribution in [-0.4, -0.2) is 26.9 Å². The maximum atomic E-state index is 12.6. The van der Waals surface area contributed by atoms with Crippen LogP contribution in [0.2, 0.25) is 0 Å². The zero-order valence-electron chi connectivity index (χ0n) is 13.3. The fourth-order valence-corrected chi connectivity index (χ4v) is 3.37. The third-order valence-electron chi connectivity index (χ3n) is 3.67. The van der Waals surface area contributed by atoms with Crippen LogP contribution in [0.25, 0.3) is 0 Å². The van der Waals surface area contributed by atoms with Gasteiger partial charge in [-0.3, -0.25) is 0 Å². The van der Waals surface area contributed by atoms with Gasteiger partial charge in [0.05, 0.1) is 12.0 Å². The van der Waals surface area contributed by atoms with Gasteiger partial charge in [-0.2, -0.15) is 4.31 Å². The molecule has 0 fully saturated rings. The Kier molecular flexibility index (Phi) is 4.88. The Hall–Kier alpha value is -1.85. The lowest BCUT2D eigenvalue weighted by atomic mass is 10.1. The fourth-order valence-electron chi connectivity index (χ4n) is 2.22. The first kappa shape index (κ1) is 16.5. The van der Waals surface area contributed by atoms with Gasteiger partial charge in [0.2, 0.25) is 10.0 Å². The van der Waals surface area contributed by atoms with Crippen LogP contribution in [0.5, 0.6) is 5.75 Å². The largest absolute Gasteiger partial charge is 0.497 e. The number of nitrogens with zero attached hydrogens (tertiary/aromatic N) is 1. The van der Waals surface area contributed by atoms with Crippen LogP contribution in [0.4, 0.5) is 0 Å². The molecule has 0 aliphatic rings. The molecule has 5 heteroatoms. The first-order chi connectivity index (χ1) is 10.3. The summed E-state index contributed by atoms with van der Waals surface area (Å²) in [5, 5.41) is 0. The highest BCUT2D eigenvalue weighted by atomic mass is 32.2. The summed E-state index contributed by atoms with van der Waals surface area (Å²) in [6.45, 7) is 4.34. The molecule has 0 aliphatic carbocycles. The highest BCUT2D eigenvalue weighted by molar-refractivity contribution is 7.89. The molecule has 0 unspecified atom stereocenters. The molecular formula is C17H21NO3S. The lowest BCUT2D eigenvalue weighted by molar-refractivity contribution is 0.414. The van der Waals surface area contributed by atoms with E-state index in [2.05, 4.69) is 0 Å². The summed E-state index contributed by atoms with van der Waals surface area (Å²) in [5.74, 6) is 0.635. The third-order valence-corrected chi connectivity index (χ3v) is 5.48. The minimum absolute atomic E-state index is 0.265. The van der Waals surface area contributed by atoms with E-state index in [0.29, 0.717) is 12.3 Å². The molecule has 0 spiro atoms. The van der Waals surface area contributed by atoms with Crippen molar-refractivity contribution in [1.29, 1.82) is 0 Å². The van der Waals surface area contributed by atoms with Gasteiger partial charge >= 0.3 is 0 Å². The molecule has 2 aromatic rings. The maximum absolute atomic E-state index is 12.6. The summed E-state index contributed by atoms with van der Waals surface area (Å²) in [7, 11) is -0.364. The smallest absolute Gasteiger partial charge is 0.243 e. The van der Waals surface area contributed by atoms with Crippen molar-refractivity contribution >= 4 is 10.0 Å². The number of hydrogen-bond acceptors (Lipinski definition) is 3. The zero-order valence-corrected chi connectivity index (χ0v) is 14.1. The van der Waals surface area contributed by atoms with Crippen LogP contribution < -0.4 is 4.74 Å². The number of aryl methyl sites for hydroxylation is 2. The first-order valence-corrected chi connectivity index (χ1v) is 8.45. The summed E-state index contributed by atoms with van der Waals surface area (Å²) in [6.07, 6.45) is 0. The molecule has 2 rings (SSSR count). The Balaban J connectivity index is 2.26. The van der Waals surface area contributed by atoms with Gasteiger partial charge in [-0.05, 0) is 49.2 Å². The van der Waals surface area contributed by atoms with E-state index in [4.69, 9.17) is 4.74 Å². The van der Waals surface area contributed by atoms with Crippen LogP contribution in [0, 0.1) is 13.8 Å². The van der Waals surface area contributed by atoms with Gasteiger partial charge in [-0.1, -0.05) is 23.8 Å². The van der Waals surface area contributed by atoms with E-state index in [1.165, 1.54) is 4.31 Å². The van der Waals surface area contributed by atoms with Gasteiger partial charge in [0, 0.05) is 13.6 Å². The van der Waals surface area contributed by atoms with Crippen molar-refractivity contribution in [2.75, 3.05) is 14.2 Å². The lowest BCUT2D eigenvalue weighted by Gasteiger charge is -2.19. The molecule has 0 atom stereocenters. The van der Waals surface area contributed by atoms with Crippen LogP contribution in [-0.2, 0) is 16.6 Å². The van der Waals surface area contributed by atoms with Gasteiger partial charge < -0.3 is 4.74 Å². The number of benzene rings is 2. The molecule has 4 nitrogen and oxygen atoms in total. The number of methoxy groups -OCH3 is 1. The average Bonchev–Trinajstić information content (AvgIpc) is 2.51. The highest BCUT2D eigenvalue weighted by Gasteiger charge is 2.21. The molecule has 118 valence electrons. The van der Waals surface area contributed by atoms with Crippen LogP contribution in [0.15, 0.2) is 47.4 Å². The van der Waals surface area contributed by atoms with Crippen LogP contribution >= 0.6 is 0 Å². The average molecular weight is 319 g/mol. The summed E-state index contributed by atoms with van der Waals surface area (Å²) in [4.78, 5) is 0.265.